The van der Waals surface area contributed by atoms with Crippen molar-refractivity contribution in [2.45, 2.75) is 40.5 Å². The van der Waals surface area contributed by atoms with Gasteiger partial charge in [0.05, 0.1) is 0 Å². The van der Waals surface area contributed by atoms with E-state index in [0.29, 0.717) is 18.7 Å². The third kappa shape index (κ3) is 4.28. The molecular formula is C21H27N3O2. The first-order valence-electron chi connectivity index (χ1n) is 9.23. The van der Waals surface area contributed by atoms with Gasteiger partial charge < -0.3 is 10.2 Å². The van der Waals surface area contributed by atoms with Crippen molar-refractivity contribution in [2.24, 2.45) is 0 Å². The molecule has 26 heavy (non-hydrogen) atoms. The minimum atomic E-state index is -0.296. The molecule has 2 rings (SSSR count). The van der Waals surface area contributed by atoms with Crippen LogP contribution in [-0.2, 0) is 12.8 Å². The summed E-state index contributed by atoms with van der Waals surface area (Å²) in [5.41, 5.74) is 3.76. The van der Waals surface area contributed by atoms with E-state index in [-0.39, 0.29) is 17.5 Å². The summed E-state index contributed by atoms with van der Waals surface area (Å²) < 4.78 is 0. The lowest BCUT2D eigenvalue weighted by Gasteiger charge is -2.19. The number of amides is 2. The summed E-state index contributed by atoms with van der Waals surface area (Å²) in [5.74, 6) is -0.385. The summed E-state index contributed by atoms with van der Waals surface area (Å²) >= 11 is 0. The molecule has 0 bridgehead atoms. The van der Waals surface area contributed by atoms with E-state index in [2.05, 4.69) is 24.1 Å². The zero-order valence-corrected chi connectivity index (χ0v) is 16.0. The van der Waals surface area contributed by atoms with Gasteiger partial charge in [0.2, 0.25) is 0 Å². The lowest BCUT2D eigenvalue weighted by molar-refractivity contribution is 0.0773. The van der Waals surface area contributed by atoms with Crippen molar-refractivity contribution in [3.8, 4) is 0 Å². The first-order valence-corrected chi connectivity index (χ1v) is 9.23. The first kappa shape index (κ1) is 19.6. The quantitative estimate of drug-likeness (QED) is 0.820. The standard InChI is InChI=1S/C21H27N3O2/c1-5-15-10-9-11-16(6-2)19(15)23-20(25)18-14-17(12-13-22-18)21(26)24(7-3)8-4/h9-14H,5-8H2,1-4H3,(H,23,25). The Labute approximate surface area is 155 Å². The highest BCUT2D eigenvalue weighted by Gasteiger charge is 2.17. The van der Waals surface area contributed by atoms with Crippen LogP contribution in [0.4, 0.5) is 5.69 Å². The molecule has 0 saturated heterocycles. The Hall–Kier alpha value is -2.69. The van der Waals surface area contributed by atoms with Crippen LogP contribution in [0.3, 0.4) is 0 Å². The average Bonchev–Trinajstić information content (AvgIpc) is 2.69. The minimum Gasteiger partial charge on any atom is -0.339 e. The summed E-state index contributed by atoms with van der Waals surface area (Å²) in [6, 6.07) is 9.26. The Morgan fingerprint density at radius 2 is 1.62 bits per heavy atom. The Bertz CT molecular complexity index is 760. The van der Waals surface area contributed by atoms with Gasteiger partial charge >= 0.3 is 0 Å². The predicted molar refractivity (Wildman–Crippen MR) is 105 cm³/mol. The van der Waals surface area contributed by atoms with Crippen LogP contribution in [0.1, 0.15) is 59.7 Å². The molecule has 2 amide bonds. The maximum absolute atomic E-state index is 12.7. The van der Waals surface area contributed by atoms with Gasteiger partial charge in [-0.3, -0.25) is 14.6 Å². The Morgan fingerprint density at radius 1 is 1.00 bits per heavy atom. The number of aromatic nitrogens is 1. The monoisotopic (exact) mass is 353 g/mol. The van der Waals surface area contributed by atoms with Crippen LogP contribution in [-0.4, -0.2) is 34.8 Å². The molecule has 138 valence electrons. The molecular weight excluding hydrogens is 326 g/mol. The van der Waals surface area contributed by atoms with Gasteiger partial charge in [0, 0.05) is 30.5 Å². The molecule has 0 saturated carbocycles. The van der Waals surface area contributed by atoms with Crippen molar-refractivity contribution < 1.29 is 9.59 Å². The van der Waals surface area contributed by atoms with E-state index in [1.54, 1.807) is 17.0 Å². The van der Waals surface area contributed by atoms with E-state index in [9.17, 15) is 9.59 Å². The summed E-state index contributed by atoms with van der Waals surface area (Å²) in [5, 5.41) is 2.99. The fourth-order valence-electron chi connectivity index (χ4n) is 2.96. The second-order valence-electron chi connectivity index (χ2n) is 6.02. The minimum absolute atomic E-state index is 0.0883. The van der Waals surface area contributed by atoms with E-state index < -0.39 is 0 Å². The van der Waals surface area contributed by atoms with Gasteiger partial charge in [-0.2, -0.15) is 0 Å². The Balaban J connectivity index is 2.29. The number of hydrogen-bond donors (Lipinski definition) is 1. The second-order valence-corrected chi connectivity index (χ2v) is 6.02. The molecule has 1 aromatic heterocycles. The van der Waals surface area contributed by atoms with Gasteiger partial charge in [-0.15, -0.1) is 0 Å². The van der Waals surface area contributed by atoms with Crippen LogP contribution in [0.25, 0.3) is 0 Å². The molecule has 1 N–H and O–H groups in total. The number of rotatable bonds is 7. The number of benzene rings is 1. The summed E-state index contributed by atoms with van der Waals surface area (Å²) in [6.07, 6.45) is 3.17. The molecule has 5 nitrogen and oxygen atoms in total. The molecule has 2 aromatic rings. The molecule has 0 spiro atoms. The number of carbonyl (C=O) groups is 2. The van der Waals surface area contributed by atoms with E-state index in [1.807, 2.05) is 32.0 Å². The van der Waals surface area contributed by atoms with E-state index in [1.165, 1.54) is 6.20 Å². The molecule has 0 fully saturated rings. The highest BCUT2D eigenvalue weighted by Crippen LogP contribution is 2.23. The predicted octanol–water partition coefficient (Wildman–Crippen LogP) is 3.94. The molecule has 1 heterocycles. The van der Waals surface area contributed by atoms with Crippen LogP contribution in [0.15, 0.2) is 36.5 Å². The Morgan fingerprint density at radius 3 is 2.15 bits per heavy atom. The number of carbonyl (C=O) groups excluding carboxylic acids is 2. The van der Waals surface area contributed by atoms with Crippen molar-refractivity contribution in [1.82, 2.24) is 9.88 Å². The normalized spacial score (nSPS) is 10.5. The highest BCUT2D eigenvalue weighted by atomic mass is 16.2. The average molecular weight is 353 g/mol. The number of para-hydroxylation sites is 1. The molecule has 0 radical (unpaired) electrons. The lowest BCUT2D eigenvalue weighted by atomic mass is 10.0. The largest absolute Gasteiger partial charge is 0.339 e. The van der Waals surface area contributed by atoms with E-state index >= 15 is 0 Å². The summed E-state index contributed by atoms with van der Waals surface area (Å²) in [4.78, 5) is 31.1. The van der Waals surface area contributed by atoms with Crippen molar-refractivity contribution in [2.75, 3.05) is 18.4 Å². The van der Waals surface area contributed by atoms with Crippen LogP contribution < -0.4 is 5.32 Å². The molecule has 0 unspecified atom stereocenters. The van der Waals surface area contributed by atoms with Gasteiger partial charge in [0.25, 0.3) is 11.8 Å². The summed E-state index contributed by atoms with van der Waals surface area (Å²) in [6.45, 7) is 9.25. The van der Waals surface area contributed by atoms with Gasteiger partial charge in [-0.05, 0) is 49.9 Å². The van der Waals surface area contributed by atoms with Gasteiger partial charge in [-0.1, -0.05) is 32.0 Å². The van der Waals surface area contributed by atoms with Crippen molar-refractivity contribution in [1.29, 1.82) is 0 Å². The topological polar surface area (TPSA) is 62.3 Å². The highest BCUT2D eigenvalue weighted by molar-refractivity contribution is 6.05. The SMILES string of the molecule is CCc1cccc(CC)c1NC(=O)c1cc(C(=O)N(CC)CC)ccn1. The maximum atomic E-state index is 12.7. The van der Waals surface area contributed by atoms with E-state index in [4.69, 9.17) is 0 Å². The zero-order valence-electron chi connectivity index (χ0n) is 16.0. The smallest absolute Gasteiger partial charge is 0.274 e. The molecule has 0 aliphatic carbocycles. The number of nitrogens with zero attached hydrogens (tertiary/aromatic N) is 2. The number of hydrogen-bond acceptors (Lipinski definition) is 3. The molecule has 1 aromatic carbocycles. The second kappa shape index (κ2) is 9.13. The van der Waals surface area contributed by atoms with Gasteiger partial charge in [-0.25, -0.2) is 0 Å². The number of pyridine rings is 1. The van der Waals surface area contributed by atoms with Crippen molar-refractivity contribution in [3.63, 3.8) is 0 Å². The van der Waals surface area contributed by atoms with Gasteiger partial charge in [0.1, 0.15) is 5.69 Å². The zero-order chi connectivity index (χ0) is 19.1. The van der Waals surface area contributed by atoms with Crippen LogP contribution in [0, 0.1) is 0 Å². The fraction of sp³-hybridized carbons (Fsp3) is 0.381. The fourth-order valence-corrected chi connectivity index (χ4v) is 2.96. The third-order valence-corrected chi connectivity index (χ3v) is 4.53. The molecule has 5 heteroatoms. The van der Waals surface area contributed by atoms with Crippen molar-refractivity contribution >= 4 is 17.5 Å². The van der Waals surface area contributed by atoms with Crippen LogP contribution in [0.5, 0.6) is 0 Å². The third-order valence-electron chi connectivity index (χ3n) is 4.53. The summed E-state index contributed by atoms with van der Waals surface area (Å²) in [7, 11) is 0. The number of aryl methyl sites for hydroxylation is 2. The van der Waals surface area contributed by atoms with Crippen molar-refractivity contribution in [3.05, 3.63) is 58.9 Å². The molecule has 0 aliphatic heterocycles. The maximum Gasteiger partial charge on any atom is 0.274 e. The molecule has 0 atom stereocenters. The number of anilines is 1. The Kier molecular flexibility index (Phi) is 6.89. The van der Waals surface area contributed by atoms with Crippen LogP contribution >= 0.6 is 0 Å². The lowest BCUT2D eigenvalue weighted by Crippen LogP contribution is -2.30. The van der Waals surface area contributed by atoms with Gasteiger partial charge in [0.15, 0.2) is 0 Å². The number of nitrogens with one attached hydrogen (secondary N) is 1. The van der Waals surface area contributed by atoms with Crippen LogP contribution in [0.2, 0.25) is 0 Å². The first-order chi connectivity index (χ1) is 12.5. The van der Waals surface area contributed by atoms with E-state index in [0.717, 1.165) is 29.7 Å². The molecule has 0 aliphatic rings.